The highest BCUT2D eigenvalue weighted by Crippen LogP contribution is 2.31. The van der Waals surface area contributed by atoms with Crippen LogP contribution in [0.25, 0.3) is 11.1 Å². The van der Waals surface area contributed by atoms with Crippen LogP contribution in [0.4, 0.5) is 0 Å². The molecule has 0 aliphatic rings. The maximum atomic E-state index is 12.1. The van der Waals surface area contributed by atoms with Crippen LogP contribution < -0.4 is 4.74 Å². The second kappa shape index (κ2) is 13.1. The molecule has 0 amide bonds. The zero-order valence-corrected chi connectivity index (χ0v) is 24.3. The lowest BCUT2D eigenvalue weighted by molar-refractivity contribution is -0.153. The first-order valence-corrected chi connectivity index (χ1v) is 14.4. The number of carbonyl (C=O) groups excluding carboxylic acids is 1. The third-order valence-electron chi connectivity index (χ3n) is 5.93. The van der Waals surface area contributed by atoms with Crippen LogP contribution in [-0.4, -0.2) is 24.3 Å². The molecule has 0 aliphatic heterocycles. The molecule has 0 aliphatic carbocycles. The Morgan fingerprint density at radius 2 is 1.35 bits per heavy atom. The molecule has 0 saturated heterocycles. The fourth-order valence-corrected chi connectivity index (χ4v) is 4.99. The summed E-state index contributed by atoms with van der Waals surface area (Å²) in [6.07, 6.45) is 0.157. The van der Waals surface area contributed by atoms with E-state index in [1.165, 1.54) is 4.31 Å². The van der Waals surface area contributed by atoms with Gasteiger partial charge in [-0.3, -0.25) is 4.79 Å². The number of carbonyl (C=O) groups is 1. The van der Waals surface area contributed by atoms with E-state index in [0.717, 1.165) is 39.3 Å². The lowest BCUT2D eigenvalue weighted by atomic mass is 10.0. The van der Waals surface area contributed by atoms with E-state index in [-0.39, 0.29) is 25.5 Å². The number of nitrogens with zero attached hydrogens (tertiary/aromatic N) is 1. The van der Waals surface area contributed by atoms with Gasteiger partial charge in [0.2, 0.25) is 10.9 Å². The molecule has 8 heteroatoms. The van der Waals surface area contributed by atoms with Gasteiger partial charge in [-0.2, -0.15) is 4.31 Å². The molecule has 208 valence electrons. The van der Waals surface area contributed by atoms with E-state index in [2.05, 4.69) is 0 Å². The number of benzene rings is 4. The van der Waals surface area contributed by atoms with Crippen molar-refractivity contribution in [3.05, 3.63) is 119 Å². The van der Waals surface area contributed by atoms with E-state index in [0.29, 0.717) is 5.02 Å². The molecule has 6 nitrogen and oxygen atoms in total. The summed E-state index contributed by atoms with van der Waals surface area (Å²) in [5.74, 6) is 1.17. The molecule has 0 aromatic heterocycles. The van der Waals surface area contributed by atoms with Gasteiger partial charge in [0.25, 0.3) is 0 Å². The Morgan fingerprint density at radius 1 is 0.775 bits per heavy atom. The van der Waals surface area contributed by atoms with E-state index >= 15 is 0 Å². The molecule has 0 heterocycles. The zero-order chi connectivity index (χ0) is 28.7. The molecular weight excluding hydrogens is 546 g/mol. The first-order valence-electron chi connectivity index (χ1n) is 12.9. The first kappa shape index (κ1) is 29.3. The predicted octanol–water partition coefficient (Wildman–Crippen LogP) is 7.21. The van der Waals surface area contributed by atoms with Crippen molar-refractivity contribution in [2.24, 2.45) is 0 Å². The lowest BCUT2D eigenvalue weighted by Crippen LogP contribution is -2.25. The minimum atomic E-state index is -2.83. The quantitative estimate of drug-likeness (QED) is 0.159. The molecule has 0 atom stereocenters. The summed E-state index contributed by atoms with van der Waals surface area (Å²) >= 11 is 6.62. The maximum Gasteiger partial charge on any atom is 0.310 e. The number of ether oxygens (including phenoxy) is 2. The number of hydrogen-bond donors (Lipinski definition) is 1. The SMILES string of the molecule is CC(C)(C)OC(=O)Cc1ccc(CN(Cc2ccc(-c3ccc(Oc4ccccc4)cc3)c(Cl)c2)[SH](=O)=O)cc1. The minimum Gasteiger partial charge on any atom is -0.460 e. The van der Waals surface area contributed by atoms with E-state index in [4.69, 9.17) is 21.1 Å². The van der Waals surface area contributed by atoms with Crippen LogP contribution >= 0.6 is 11.6 Å². The molecule has 0 N–H and O–H groups in total. The van der Waals surface area contributed by atoms with Crippen LogP contribution in [0.5, 0.6) is 11.5 Å². The van der Waals surface area contributed by atoms with Gasteiger partial charge < -0.3 is 9.47 Å². The average Bonchev–Trinajstić information content (AvgIpc) is 2.89. The standard InChI is InChI=1S/C32H32ClNO5S/c1-32(2,3)39-31(35)20-23-9-11-24(12-10-23)21-34(40(36)37)22-25-13-18-29(30(33)19-25)26-14-16-28(17-15-26)38-27-7-5-4-6-8-27/h4-19,40H,20-22H2,1-3H3. The van der Waals surface area contributed by atoms with E-state index < -0.39 is 16.5 Å². The van der Waals surface area contributed by atoms with Gasteiger partial charge in [0.1, 0.15) is 17.1 Å². The number of para-hydroxylation sites is 1. The monoisotopic (exact) mass is 577 g/mol. The van der Waals surface area contributed by atoms with Gasteiger partial charge in [-0.1, -0.05) is 78.3 Å². The van der Waals surface area contributed by atoms with Gasteiger partial charge in [0.15, 0.2) is 0 Å². The van der Waals surface area contributed by atoms with Crippen LogP contribution in [0.3, 0.4) is 0 Å². The highest BCUT2D eigenvalue weighted by molar-refractivity contribution is 7.69. The second-order valence-electron chi connectivity index (χ2n) is 10.4. The summed E-state index contributed by atoms with van der Waals surface area (Å²) in [7, 11) is -2.83. The van der Waals surface area contributed by atoms with Gasteiger partial charge in [-0.05, 0) is 73.4 Å². The lowest BCUT2D eigenvalue weighted by Gasteiger charge is -2.19. The molecule has 40 heavy (non-hydrogen) atoms. The highest BCUT2D eigenvalue weighted by Gasteiger charge is 2.17. The largest absolute Gasteiger partial charge is 0.460 e. The Labute approximate surface area is 242 Å². The third-order valence-corrected chi connectivity index (χ3v) is 6.99. The van der Waals surface area contributed by atoms with Crippen molar-refractivity contribution in [1.29, 1.82) is 0 Å². The van der Waals surface area contributed by atoms with Crippen LogP contribution in [0.1, 0.15) is 37.5 Å². The van der Waals surface area contributed by atoms with Crippen LogP contribution in [0.15, 0.2) is 97.1 Å². The smallest absolute Gasteiger partial charge is 0.310 e. The first-order chi connectivity index (χ1) is 19.1. The number of esters is 1. The molecule has 0 bridgehead atoms. The maximum absolute atomic E-state index is 12.1. The van der Waals surface area contributed by atoms with Gasteiger partial charge in [-0.25, -0.2) is 8.42 Å². The van der Waals surface area contributed by atoms with Crippen molar-refractivity contribution in [2.75, 3.05) is 0 Å². The Hall–Kier alpha value is -3.65. The summed E-state index contributed by atoms with van der Waals surface area (Å²) in [6.45, 7) is 5.86. The molecule has 0 unspecified atom stereocenters. The van der Waals surface area contributed by atoms with E-state index in [1.54, 1.807) is 6.07 Å². The van der Waals surface area contributed by atoms with Crippen molar-refractivity contribution < 1.29 is 22.7 Å². The number of thiol groups is 1. The van der Waals surface area contributed by atoms with Crippen LogP contribution in [0.2, 0.25) is 5.02 Å². The normalized spacial score (nSPS) is 11.6. The van der Waals surface area contributed by atoms with E-state index in [9.17, 15) is 13.2 Å². The molecule has 4 aromatic carbocycles. The molecule has 0 radical (unpaired) electrons. The minimum absolute atomic E-state index is 0.157. The Balaban J connectivity index is 1.39. The summed E-state index contributed by atoms with van der Waals surface area (Å²) < 4.78 is 36.7. The Kier molecular flexibility index (Phi) is 9.63. The fourth-order valence-electron chi connectivity index (χ4n) is 4.12. The number of rotatable bonds is 10. The summed E-state index contributed by atoms with van der Waals surface area (Å²) in [4.78, 5) is 12.1. The van der Waals surface area contributed by atoms with Crippen LogP contribution in [-0.2, 0) is 39.9 Å². The third kappa shape index (κ3) is 8.68. The Bertz CT molecular complexity index is 1500. The van der Waals surface area contributed by atoms with Crippen LogP contribution in [0, 0.1) is 0 Å². The van der Waals surface area contributed by atoms with Crippen molar-refractivity contribution in [2.45, 2.75) is 45.9 Å². The van der Waals surface area contributed by atoms with Crippen molar-refractivity contribution in [3.8, 4) is 22.6 Å². The zero-order valence-electron chi connectivity index (χ0n) is 22.7. The van der Waals surface area contributed by atoms with Crippen molar-refractivity contribution >= 4 is 28.5 Å². The van der Waals surface area contributed by atoms with E-state index in [1.807, 2.05) is 112 Å². The topological polar surface area (TPSA) is 72.9 Å². The predicted molar refractivity (Wildman–Crippen MR) is 159 cm³/mol. The number of hydrogen-bond acceptors (Lipinski definition) is 5. The summed E-state index contributed by atoms with van der Waals surface area (Å²) in [6, 6.07) is 30.0. The molecule has 0 saturated carbocycles. The van der Waals surface area contributed by atoms with Gasteiger partial charge in [0, 0.05) is 23.7 Å². The van der Waals surface area contributed by atoms with Crippen molar-refractivity contribution in [3.63, 3.8) is 0 Å². The van der Waals surface area contributed by atoms with Gasteiger partial charge in [-0.15, -0.1) is 0 Å². The van der Waals surface area contributed by atoms with Gasteiger partial charge >= 0.3 is 5.97 Å². The fraction of sp³-hybridized carbons (Fsp3) is 0.219. The summed E-state index contributed by atoms with van der Waals surface area (Å²) in [5, 5.41) is 0.529. The highest BCUT2D eigenvalue weighted by atomic mass is 35.5. The number of halogens is 1. The van der Waals surface area contributed by atoms with Crippen molar-refractivity contribution in [1.82, 2.24) is 4.31 Å². The molecule has 0 fully saturated rings. The van der Waals surface area contributed by atoms with Gasteiger partial charge in [0.05, 0.1) is 6.42 Å². The molecule has 4 aromatic rings. The summed E-state index contributed by atoms with van der Waals surface area (Å²) in [5.41, 5.74) is 3.62. The molecule has 4 rings (SSSR count). The molecular formula is C32H32ClNO5S. The molecule has 0 spiro atoms. The average molecular weight is 578 g/mol. The Morgan fingerprint density at radius 3 is 1.95 bits per heavy atom. The second-order valence-corrected chi connectivity index (χ2v) is 11.8.